The van der Waals surface area contributed by atoms with E-state index in [1.165, 1.54) is 12.1 Å². The first kappa shape index (κ1) is 10.4. The lowest BCUT2D eigenvalue weighted by atomic mass is 10.1. The standard InChI is InChI=1S/C10H10N2O4/c13-10(14)11-9-5-8(9)6-2-1-3-7(4-6)12(15)16/h1-4,8-9,11H,5H2,(H,13,14). The number of rotatable bonds is 3. The summed E-state index contributed by atoms with van der Waals surface area (Å²) >= 11 is 0. The molecule has 16 heavy (non-hydrogen) atoms. The Kier molecular flexibility index (Phi) is 2.47. The van der Waals surface area contributed by atoms with Crippen LogP contribution in [0, 0.1) is 10.1 Å². The van der Waals surface area contributed by atoms with Crippen LogP contribution >= 0.6 is 0 Å². The summed E-state index contributed by atoms with van der Waals surface area (Å²) in [4.78, 5) is 20.5. The number of nitro groups is 1. The molecule has 0 saturated heterocycles. The van der Waals surface area contributed by atoms with E-state index in [9.17, 15) is 14.9 Å². The van der Waals surface area contributed by atoms with Crippen LogP contribution in [0.5, 0.6) is 0 Å². The highest BCUT2D eigenvalue weighted by Gasteiger charge is 2.40. The molecule has 1 aliphatic carbocycles. The van der Waals surface area contributed by atoms with E-state index in [0.29, 0.717) is 6.42 Å². The third kappa shape index (κ3) is 2.10. The van der Waals surface area contributed by atoms with Crippen molar-refractivity contribution in [3.63, 3.8) is 0 Å². The molecule has 6 heteroatoms. The average molecular weight is 222 g/mol. The number of nitro benzene ring substituents is 1. The van der Waals surface area contributed by atoms with Gasteiger partial charge < -0.3 is 10.4 Å². The molecule has 84 valence electrons. The highest BCUT2D eigenvalue weighted by molar-refractivity contribution is 5.66. The molecule has 6 nitrogen and oxygen atoms in total. The van der Waals surface area contributed by atoms with E-state index in [4.69, 9.17) is 5.11 Å². The fourth-order valence-corrected chi connectivity index (χ4v) is 1.75. The van der Waals surface area contributed by atoms with Crippen molar-refractivity contribution < 1.29 is 14.8 Å². The van der Waals surface area contributed by atoms with Crippen LogP contribution in [-0.2, 0) is 0 Å². The van der Waals surface area contributed by atoms with Crippen molar-refractivity contribution in [3.8, 4) is 0 Å². The zero-order valence-electron chi connectivity index (χ0n) is 8.29. The maximum Gasteiger partial charge on any atom is 0.404 e. The minimum absolute atomic E-state index is 0.0403. The van der Waals surface area contributed by atoms with E-state index >= 15 is 0 Å². The van der Waals surface area contributed by atoms with Crippen molar-refractivity contribution in [2.45, 2.75) is 18.4 Å². The normalized spacial score (nSPS) is 22.5. The first-order chi connectivity index (χ1) is 7.58. The van der Waals surface area contributed by atoms with Crippen molar-refractivity contribution in [1.82, 2.24) is 5.32 Å². The van der Waals surface area contributed by atoms with Gasteiger partial charge in [-0.15, -0.1) is 0 Å². The van der Waals surface area contributed by atoms with Crippen molar-refractivity contribution in [3.05, 3.63) is 39.9 Å². The van der Waals surface area contributed by atoms with Crippen LogP contribution in [0.25, 0.3) is 0 Å². The van der Waals surface area contributed by atoms with E-state index in [-0.39, 0.29) is 17.6 Å². The van der Waals surface area contributed by atoms with Gasteiger partial charge in [-0.2, -0.15) is 0 Å². The number of nitrogens with one attached hydrogen (secondary N) is 1. The Morgan fingerprint density at radius 2 is 2.31 bits per heavy atom. The van der Waals surface area contributed by atoms with E-state index < -0.39 is 11.0 Å². The minimum atomic E-state index is -1.06. The van der Waals surface area contributed by atoms with Crippen LogP contribution in [0.4, 0.5) is 10.5 Å². The Balaban J connectivity index is 2.09. The molecule has 0 radical (unpaired) electrons. The number of nitrogens with zero attached hydrogens (tertiary/aromatic N) is 1. The second-order valence-electron chi connectivity index (χ2n) is 3.75. The van der Waals surface area contributed by atoms with Crippen LogP contribution in [0.1, 0.15) is 17.9 Å². The van der Waals surface area contributed by atoms with Gasteiger partial charge in [0.05, 0.1) is 4.92 Å². The minimum Gasteiger partial charge on any atom is -0.465 e. The predicted octanol–water partition coefficient (Wildman–Crippen LogP) is 1.72. The molecule has 0 spiro atoms. The van der Waals surface area contributed by atoms with Crippen LogP contribution < -0.4 is 5.32 Å². The molecule has 2 unspecified atom stereocenters. The van der Waals surface area contributed by atoms with Crippen molar-refractivity contribution >= 4 is 11.8 Å². The molecule has 1 fully saturated rings. The summed E-state index contributed by atoms with van der Waals surface area (Å²) in [5, 5.41) is 21.4. The maximum absolute atomic E-state index is 10.6. The Labute approximate surface area is 91.0 Å². The molecular weight excluding hydrogens is 212 g/mol. The Morgan fingerprint density at radius 1 is 1.56 bits per heavy atom. The third-order valence-corrected chi connectivity index (χ3v) is 2.61. The molecule has 0 heterocycles. The largest absolute Gasteiger partial charge is 0.465 e. The van der Waals surface area contributed by atoms with Gasteiger partial charge in [-0.05, 0) is 12.0 Å². The van der Waals surface area contributed by atoms with Crippen molar-refractivity contribution in [1.29, 1.82) is 0 Å². The van der Waals surface area contributed by atoms with Crippen LogP contribution in [0.3, 0.4) is 0 Å². The Morgan fingerprint density at radius 3 is 2.94 bits per heavy atom. The van der Waals surface area contributed by atoms with Gasteiger partial charge in [-0.3, -0.25) is 10.1 Å². The summed E-state index contributed by atoms with van der Waals surface area (Å²) in [5.41, 5.74) is 0.853. The van der Waals surface area contributed by atoms with Gasteiger partial charge in [0.1, 0.15) is 0 Å². The van der Waals surface area contributed by atoms with E-state index in [1.54, 1.807) is 12.1 Å². The summed E-state index contributed by atoms with van der Waals surface area (Å²) in [6, 6.07) is 6.20. The Bertz CT molecular complexity index is 446. The summed E-state index contributed by atoms with van der Waals surface area (Å²) < 4.78 is 0. The van der Waals surface area contributed by atoms with E-state index in [1.807, 2.05) is 0 Å². The van der Waals surface area contributed by atoms with Crippen LogP contribution in [0.2, 0.25) is 0 Å². The monoisotopic (exact) mass is 222 g/mol. The van der Waals surface area contributed by atoms with Gasteiger partial charge in [-0.1, -0.05) is 12.1 Å². The molecule has 0 aliphatic heterocycles. The molecule has 1 saturated carbocycles. The number of non-ortho nitro benzene ring substituents is 1. The molecule has 1 amide bonds. The molecule has 0 bridgehead atoms. The van der Waals surface area contributed by atoms with Crippen LogP contribution in [0.15, 0.2) is 24.3 Å². The molecule has 2 atom stereocenters. The fourth-order valence-electron chi connectivity index (χ4n) is 1.75. The topological polar surface area (TPSA) is 92.5 Å². The van der Waals surface area contributed by atoms with Crippen molar-refractivity contribution in [2.75, 3.05) is 0 Å². The van der Waals surface area contributed by atoms with Gasteiger partial charge in [0, 0.05) is 24.1 Å². The zero-order chi connectivity index (χ0) is 11.7. The van der Waals surface area contributed by atoms with E-state index in [2.05, 4.69) is 5.32 Å². The molecule has 1 aromatic carbocycles. The first-order valence-electron chi connectivity index (χ1n) is 4.82. The lowest BCUT2D eigenvalue weighted by molar-refractivity contribution is -0.384. The number of benzene rings is 1. The average Bonchev–Trinajstić information content (AvgIpc) is 2.96. The molecule has 1 aliphatic rings. The maximum atomic E-state index is 10.6. The van der Waals surface area contributed by atoms with Gasteiger partial charge in [0.2, 0.25) is 0 Å². The van der Waals surface area contributed by atoms with E-state index in [0.717, 1.165) is 5.56 Å². The first-order valence-corrected chi connectivity index (χ1v) is 4.82. The lowest BCUT2D eigenvalue weighted by Gasteiger charge is -2.00. The van der Waals surface area contributed by atoms with Gasteiger partial charge in [0.25, 0.3) is 5.69 Å². The molecule has 2 rings (SSSR count). The number of carbonyl (C=O) groups is 1. The summed E-state index contributed by atoms with van der Waals surface area (Å²) in [6.07, 6.45) is -0.356. The molecular formula is C10H10N2O4. The second kappa shape index (κ2) is 3.80. The molecule has 2 N–H and O–H groups in total. The number of amides is 1. The molecule has 1 aromatic rings. The van der Waals surface area contributed by atoms with Crippen molar-refractivity contribution in [2.24, 2.45) is 0 Å². The van der Waals surface area contributed by atoms with Crippen LogP contribution in [-0.4, -0.2) is 22.2 Å². The predicted molar refractivity (Wildman–Crippen MR) is 55.4 cm³/mol. The summed E-state index contributed by atoms with van der Waals surface area (Å²) in [5.74, 6) is 0.0657. The lowest BCUT2D eigenvalue weighted by Crippen LogP contribution is -2.24. The molecule has 0 aromatic heterocycles. The summed E-state index contributed by atoms with van der Waals surface area (Å²) in [7, 11) is 0. The quantitative estimate of drug-likeness (QED) is 0.601. The van der Waals surface area contributed by atoms with Gasteiger partial charge in [-0.25, -0.2) is 4.79 Å². The van der Waals surface area contributed by atoms with Gasteiger partial charge >= 0.3 is 6.09 Å². The third-order valence-electron chi connectivity index (χ3n) is 2.61. The Hall–Kier alpha value is -2.11. The fraction of sp³-hybridized carbons (Fsp3) is 0.300. The highest BCUT2D eigenvalue weighted by atomic mass is 16.6. The second-order valence-corrected chi connectivity index (χ2v) is 3.75. The number of hydrogen-bond acceptors (Lipinski definition) is 3. The number of carboxylic acid groups (broad SMARTS) is 1. The number of hydrogen-bond donors (Lipinski definition) is 2. The highest BCUT2D eigenvalue weighted by Crippen LogP contribution is 2.41. The SMILES string of the molecule is O=C(O)NC1CC1c1cccc([N+](=O)[O-])c1. The van der Waals surface area contributed by atoms with Gasteiger partial charge in [0.15, 0.2) is 0 Å². The smallest absolute Gasteiger partial charge is 0.404 e. The summed E-state index contributed by atoms with van der Waals surface area (Å²) in [6.45, 7) is 0. The zero-order valence-corrected chi connectivity index (χ0v) is 8.29.